The van der Waals surface area contributed by atoms with Crippen LogP contribution in [0.5, 0.6) is 0 Å². The lowest BCUT2D eigenvalue weighted by atomic mass is 9.61. The summed E-state index contributed by atoms with van der Waals surface area (Å²) in [5.74, 6) is 0.820. The SMILES string of the molecule is CCC1CCCCC1(OC(=O)OC1(C(C)(C)C)CCCCC1CC)C(C)(C)C. The van der Waals surface area contributed by atoms with Crippen molar-refractivity contribution < 1.29 is 14.3 Å². The van der Waals surface area contributed by atoms with Crippen LogP contribution in [0.25, 0.3) is 0 Å². The maximum atomic E-state index is 13.4. The Labute approximate surface area is 174 Å². The topological polar surface area (TPSA) is 35.5 Å². The van der Waals surface area contributed by atoms with E-state index in [1.165, 1.54) is 12.8 Å². The van der Waals surface area contributed by atoms with E-state index >= 15 is 0 Å². The minimum atomic E-state index is -0.425. The Bertz CT molecular complexity index is 481. The first-order chi connectivity index (χ1) is 12.9. The van der Waals surface area contributed by atoms with Crippen molar-refractivity contribution >= 4 is 6.16 Å². The van der Waals surface area contributed by atoms with Gasteiger partial charge in [0.25, 0.3) is 0 Å². The van der Waals surface area contributed by atoms with Crippen molar-refractivity contribution in [3.63, 3.8) is 0 Å². The minimum Gasteiger partial charge on any atom is -0.427 e. The van der Waals surface area contributed by atoms with Crippen LogP contribution >= 0.6 is 0 Å². The third-order valence-electron chi connectivity index (χ3n) is 8.08. The van der Waals surface area contributed by atoms with Gasteiger partial charge in [0.05, 0.1) is 0 Å². The van der Waals surface area contributed by atoms with Crippen molar-refractivity contribution in [3.05, 3.63) is 0 Å². The van der Waals surface area contributed by atoms with Crippen LogP contribution in [0.4, 0.5) is 4.79 Å². The molecule has 0 radical (unpaired) electrons. The zero-order chi connectivity index (χ0) is 21.2. The quantitative estimate of drug-likeness (QED) is 0.454. The van der Waals surface area contributed by atoms with Crippen LogP contribution < -0.4 is 0 Å². The van der Waals surface area contributed by atoms with Gasteiger partial charge in [-0.1, -0.05) is 68.2 Å². The van der Waals surface area contributed by atoms with E-state index in [1.54, 1.807) is 0 Å². The first kappa shape index (κ1) is 23.5. The summed E-state index contributed by atoms with van der Waals surface area (Å²) in [5.41, 5.74) is -1.05. The van der Waals surface area contributed by atoms with Crippen molar-refractivity contribution in [1.82, 2.24) is 0 Å². The lowest BCUT2D eigenvalue weighted by Gasteiger charge is -2.54. The molecule has 0 aromatic rings. The fraction of sp³-hybridized carbons (Fsp3) is 0.960. The van der Waals surface area contributed by atoms with E-state index in [0.717, 1.165) is 51.4 Å². The molecule has 0 aromatic carbocycles. The Kier molecular flexibility index (Phi) is 7.20. The lowest BCUT2D eigenvalue weighted by Crippen LogP contribution is -2.57. The van der Waals surface area contributed by atoms with Crippen molar-refractivity contribution in [1.29, 1.82) is 0 Å². The number of carbonyl (C=O) groups excluding carboxylic acids is 1. The van der Waals surface area contributed by atoms with Crippen LogP contribution in [0.3, 0.4) is 0 Å². The summed E-state index contributed by atoms with van der Waals surface area (Å²) >= 11 is 0. The number of hydrogen-bond acceptors (Lipinski definition) is 3. The van der Waals surface area contributed by atoms with Crippen LogP contribution in [0.1, 0.15) is 120 Å². The average Bonchev–Trinajstić information content (AvgIpc) is 2.60. The van der Waals surface area contributed by atoms with E-state index in [-0.39, 0.29) is 10.8 Å². The lowest BCUT2D eigenvalue weighted by molar-refractivity contribution is -0.194. The van der Waals surface area contributed by atoms with E-state index in [4.69, 9.17) is 9.47 Å². The van der Waals surface area contributed by atoms with Gasteiger partial charge < -0.3 is 9.47 Å². The second-order valence-corrected chi connectivity index (χ2v) is 11.4. The molecule has 0 aromatic heterocycles. The fourth-order valence-electron chi connectivity index (χ4n) is 6.37. The molecule has 2 aliphatic carbocycles. The molecule has 0 N–H and O–H groups in total. The number of carbonyl (C=O) groups is 1. The Morgan fingerprint density at radius 2 is 1.11 bits per heavy atom. The second kappa shape index (κ2) is 8.56. The van der Waals surface area contributed by atoms with E-state index in [9.17, 15) is 4.79 Å². The van der Waals surface area contributed by atoms with E-state index in [2.05, 4.69) is 55.4 Å². The highest BCUT2D eigenvalue weighted by Crippen LogP contribution is 2.52. The summed E-state index contributed by atoms with van der Waals surface area (Å²) in [5, 5.41) is 0. The Morgan fingerprint density at radius 3 is 1.39 bits per heavy atom. The van der Waals surface area contributed by atoms with E-state index in [1.807, 2.05) is 0 Å². The minimum absolute atomic E-state index is 0.0985. The van der Waals surface area contributed by atoms with Gasteiger partial charge in [0, 0.05) is 10.8 Å². The Balaban J connectivity index is 2.32. The molecule has 4 atom stereocenters. The molecule has 0 spiro atoms. The predicted molar refractivity (Wildman–Crippen MR) is 116 cm³/mol. The van der Waals surface area contributed by atoms with Gasteiger partial charge >= 0.3 is 6.16 Å². The summed E-state index contributed by atoms with van der Waals surface area (Å²) < 4.78 is 12.8. The van der Waals surface area contributed by atoms with Crippen molar-refractivity contribution in [2.75, 3.05) is 0 Å². The highest BCUT2D eigenvalue weighted by molar-refractivity contribution is 5.62. The normalized spacial score (nSPS) is 34.7. The molecule has 0 bridgehead atoms. The summed E-state index contributed by atoms with van der Waals surface area (Å²) in [6.45, 7) is 17.8. The van der Waals surface area contributed by atoms with Gasteiger partial charge in [-0.05, 0) is 63.2 Å². The van der Waals surface area contributed by atoms with Gasteiger partial charge in [-0.15, -0.1) is 0 Å². The van der Waals surface area contributed by atoms with Crippen LogP contribution in [-0.2, 0) is 9.47 Å². The summed E-state index contributed by atoms with van der Waals surface area (Å²) in [6, 6.07) is 0. The Hall–Kier alpha value is -0.730. The van der Waals surface area contributed by atoms with Gasteiger partial charge in [-0.2, -0.15) is 0 Å². The maximum absolute atomic E-state index is 13.4. The maximum Gasteiger partial charge on any atom is 0.509 e. The molecule has 2 fully saturated rings. The second-order valence-electron chi connectivity index (χ2n) is 11.4. The molecular formula is C25H46O3. The zero-order valence-corrected chi connectivity index (χ0v) is 20.0. The summed E-state index contributed by atoms with van der Waals surface area (Å²) in [7, 11) is 0. The predicted octanol–water partition coefficient (Wildman–Crippen LogP) is 7.91. The van der Waals surface area contributed by atoms with Crippen LogP contribution in [-0.4, -0.2) is 17.4 Å². The van der Waals surface area contributed by atoms with Crippen LogP contribution in [0.15, 0.2) is 0 Å². The smallest absolute Gasteiger partial charge is 0.427 e. The standard InChI is InChI=1S/C25H46O3/c1-9-19-15-11-13-17-24(19,22(3,4)5)27-21(26)28-25(23(6,7)8)18-14-12-16-20(25)10-2/h19-20H,9-18H2,1-8H3. The van der Waals surface area contributed by atoms with Gasteiger partial charge in [0.2, 0.25) is 0 Å². The number of ether oxygens (including phenoxy) is 2. The highest BCUT2D eigenvalue weighted by atomic mass is 16.7. The number of rotatable bonds is 4. The van der Waals surface area contributed by atoms with Crippen molar-refractivity contribution in [2.45, 2.75) is 131 Å². The first-order valence-corrected chi connectivity index (χ1v) is 11.9. The van der Waals surface area contributed by atoms with Gasteiger partial charge in [-0.3, -0.25) is 0 Å². The molecule has 0 amide bonds. The van der Waals surface area contributed by atoms with Gasteiger partial charge in [0.15, 0.2) is 0 Å². The number of hydrogen-bond donors (Lipinski definition) is 0. The molecule has 0 aliphatic heterocycles. The molecule has 4 unspecified atom stereocenters. The molecular weight excluding hydrogens is 348 g/mol. The summed E-state index contributed by atoms with van der Waals surface area (Å²) in [6.07, 6.45) is 10.6. The molecule has 2 saturated carbocycles. The third-order valence-corrected chi connectivity index (χ3v) is 8.08. The summed E-state index contributed by atoms with van der Waals surface area (Å²) in [4.78, 5) is 13.4. The van der Waals surface area contributed by atoms with Gasteiger partial charge in [0.1, 0.15) is 11.2 Å². The average molecular weight is 395 g/mol. The molecule has 0 heterocycles. The molecule has 2 aliphatic rings. The van der Waals surface area contributed by atoms with Crippen molar-refractivity contribution in [3.8, 4) is 0 Å². The zero-order valence-electron chi connectivity index (χ0n) is 20.0. The molecule has 164 valence electrons. The van der Waals surface area contributed by atoms with E-state index in [0.29, 0.717) is 11.8 Å². The monoisotopic (exact) mass is 394 g/mol. The third kappa shape index (κ3) is 4.24. The largest absolute Gasteiger partial charge is 0.509 e. The molecule has 3 nitrogen and oxygen atoms in total. The van der Waals surface area contributed by atoms with E-state index < -0.39 is 17.4 Å². The van der Waals surface area contributed by atoms with Crippen LogP contribution in [0, 0.1) is 22.7 Å². The fourth-order valence-corrected chi connectivity index (χ4v) is 6.37. The van der Waals surface area contributed by atoms with Gasteiger partial charge in [-0.25, -0.2) is 4.79 Å². The molecule has 28 heavy (non-hydrogen) atoms. The van der Waals surface area contributed by atoms with Crippen LogP contribution in [0.2, 0.25) is 0 Å². The molecule has 0 saturated heterocycles. The molecule has 3 heteroatoms. The Morgan fingerprint density at radius 1 is 0.750 bits per heavy atom. The molecule has 2 rings (SSSR count). The first-order valence-electron chi connectivity index (χ1n) is 11.9. The van der Waals surface area contributed by atoms with Crippen molar-refractivity contribution in [2.24, 2.45) is 22.7 Å². The highest BCUT2D eigenvalue weighted by Gasteiger charge is 2.55.